The van der Waals surface area contributed by atoms with Gasteiger partial charge in [-0.15, -0.1) is 11.3 Å². The van der Waals surface area contributed by atoms with Crippen LogP contribution in [0.15, 0.2) is 65.0 Å². The number of thiophene rings is 1. The van der Waals surface area contributed by atoms with Crippen LogP contribution in [-0.4, -0.2) is 9.55 Å². The largest absolute Gasteiger partial charge is 0.416 e. The van der Waals surface area contributed by atoms with Crippen LogP contribution in [-0.2, 0) is 12.7 Å². The van der Waals surface area contributed by atoms with E-state index < -0.39 is 11.7 Å². The molecule has 0 saturated heterocycles. The first-order valence-electron chi connectivity index (χ1n) is 8.21. The van der Waals surface area contributed by atoms with Crippen LogP contribution >= 0.6 is 11.3 Å². The van der Waals surface area contributed by atoms with Crippen molar-refractivity contribution in [3.63, 3.8) is 0 Å². The summed E-state index contributed by atoms with van der Waals surface area (Å²) in [5.74, 6) is -0.361. The molecule has 0 radical (unpaired) electrons. The Balaban J connectivity index is 1.72. The number of nitrogens with zero attached hydrogens (tertiary/aromatic N) is 2. The highest BCUT2D eigenvalue weighted by atomic mass is 32.1. The van der Waals surface area contributed by atoms with E-state index in [4.69, 9.17) is 0 Å². The summed E-state index contributed by atoms with van der Waals surface area (Å²) in [6, 6.07) is 10.7. The summed E-state index contributed by atoms with van der Waals surface area (Å²) in [6.07, 6.45) is -3.12. The first-order chi connectivity index (χ1) is 13.3. The molecule has 0 aliphatic heterocycles. The molecule has 3 nitrogen and oxygen atoms in total. The van der Waals surface area contributed by atoms with Gasteiger partial charge in [-0.2, -0.15) is 13.2 Å². The summed E-state index contributed by atoms with van der Waals surface area (Å²) in [5, 5.41) is 1.76. The lowest BCUT2D eigenvalue weighted by Gasteiger charge is -2.10. The first kappa shape index (κ1) is 18.4. The molecular formula is C20H12F4N2OS. The third-order valence-corrected chi connectivity index (χ3v) is 5.27. The standard InChI is InChI=1S/C20H12F4N2OS/c21-15-6-4-13(5-7-15)16-10-28-18-17(16)25-11-26(19(18)27)9-12-2-1-3-14(8-12)20(22,23)24/h1-8,10-11H,9H2. The Kier molecular flexibility index (Phi) is 4.50. The van der Waals surface area contributed by atoms with Crippen LogP contribution in [0.1, 0.15) is 11.1 Å². The lowest BCUT2D eigenvalue weighted by molar-refractivity contribution is -0.137. The monoisotopic (exact) mass is 404 g/mol. The second-order valence-electron chi connectivity index (χ2n) is 6.21. The Morgan fingerprint density at radius 1 is 1.07 bits per heavy atom. The van der Waals surface area contributed by atoms with E-state index in [1.165, 1.54) is 46.5 Å². The molecule has 0 N–H and O–H groups in total. The maximum absolute atomic E-state index is 13.1. The second kappa shape index (κ2) is 6.87. The number of rotatable bonds is 3. The Morgan fingerprint density at radius 3 is 2.54 bits per heavy atom. The fourth-order valence-corrected chi connectivity index (χ4v) is 3.91. The molecule has 28 heavy (non-hydrogen) atoms. The van der Waals surface area contributed by atoms with Gasteiger partial charge in [-0.3, -0.25) is 9.36 Å². The van der Waals surface area contributed by atoms with Crippen molar-refractivity contribution in [3.05, 3.63) is 87.5 Å². The fourth-order valence-electron chi connectivity index (χ4n) is 2.93. The molecule has 0 unspecified atom stereocenters. The SMILES string of the molecule is O=c1c2scc(-c3ccc(F)cc3)c2ncn1Cc1cccc(C(F)(F)F)c1. The number of aromatic nitrogens is 2. The molecule has 0 amide bonds. The summed E-state index contributed by atoms with van der Waals surface area (Å²) in [7, 11) is 0. The Bertz CT molecular complexity index is 1210. The molecule has 142 valence electrons. The van der Waals surface area contributed by atoms with Crippen LogP contribution < -0.4 is 5.56 Å². The molecule has 0 aliphatic rings. The average molecular weight is 404 g/mol. The fraction of sp³-hybridized carbons (Fsp3) is 0.100. The van der Waals surface area contributed by atoms with Crippen molar-refractivity contribution in [1.29, 1.82) is 0 Å². The van der Waals surface area contributed by atoms with Gasteiger partial charge in [-0.1, -0.05) is 24.3 Å². The van der Waals surface area contributed by atoms with Gasteiger partial charge in [-0.05, 0) is 35.4 Å². The smallest absolute Gasteiger partial charge is 0.294 e. The summed E-state index contributed by atoms with van der Waals surface area (Å²) < 4.78 is 53.5. The minimum atomic E-state index is -4.44. The predicted molar refractivity (Wildman–Crippen MR) is 99.8 cm³/mol. The van der Waals surface area contributed by atoms with Crippen molar-refractivity contribution in [2.24, 2.45) is 0 Å². The van der Waals surface area contributed by atoms with Crippen LogP contribution in [0.3, 0.4) is 0 Å². The van der Waals surface area contributed by atoms with E-state index in [1.807, 2.05) is 0 Å². The van der Waals surface area contributed by atoms with Gasteiger partial charge < -0.3 is 0 Å². The van der Waals surface area contributed by atoms with E-state index in [9.17, 15) is 22.4 Å². The van der Waals surface area contributed by atoms with Gasteiger partial charge >= 0.3 is 6.18 Å². The molecular weight excluding hydrogens is 392 g/mol. The quantitative estimate of drug-likeness (QED) is 0.433. The number of alkyl halides is 3. The van der Waals surface area contributed by atoms with Gasteiger partial charge in [0.05, 0.1) is 24.0 Å². The zero-order chi connectivity index (χ0) is 19.9. The third-order valence-electron chi connectivity index (χ3n) is 4.31. The molecule has 4 rings (SSSR count). The molecule has 0 aliphatic carbocycles. The highest BCUT2D eigenvalue weighted by Crippen LogP contribution is 2.31. The molecule has 8 heteroatoms. The van der Waals surface area contributed by atoms with E-state index in [1.54, 1.807) is 17.5 Å². The highest BCUT2D eigenvalue weighted by molar-refractivity contribution is 7.17. The van der Waals surface area contributed by atoms with E-state index >= 15 is 0 Å². The molecule has 0 fully saturated rings. The second-order valence-corrected chi connectivity index (χ2v) is 7.09. The van der Waals surface area contributed by atoms with Gasteiger partial charge in [-0.25, -0.2) is 9.37 Å². The van der Waals surface area contributed by atoms with E-state index in [2.05, 4.69) is 4.98 Å². The van der Waals surface area contributed by atoms with Crippen molar-refractivity contribution >= 4 is 21.6 Å². The van der Waals surface area contributed by atoms with Gasteiger partial charge in [0, 0.05) is 10.9 Å². The first-order valence-corrected chi connectivity index (χ1v) is 9.09. The van der Waals surface area contributed by atoms with E-state index in [0.717, 1.165) is 17.7 Å². The lowest BCUT2D eigenvalue weighted by atomic mass is 10.1. The summed E-state index contributed by atoms with van der Waals surface area (Å²) >= 11 is 1.20. The molecule has 0 atom stereocenters. The molecule has 0 bridgehead atoms. The van der Waals surface area contributed by atoms with E-state index in [0.29, 0.717) is 21.3 Å². The van der Waals surface area contributed by atoms with Crippen LogP contribution in [0.25, 0.3) is 21.3 Å². The Hall–Kier alpha value is -3.00. The van der Waals surface area contributed by atoms with Crippen molar-refractivity contribution < 1.29 is 17.6 Å². The molecule has 0 spiro atoms. The zero-order valence-electron chi connectivity index (χ0n) is 14.2. The Morgan fingerprint density at radius 2 is 1.82 bits per heavy atom. The maximum Gasteiger partial charge on any atom is 0.416 e. The van der Waals surface area contributed by atoms with Crippen molar-refractivity contribution in [2.75, 3.05) is 0 Å². The van der Waals surface area contributed by atoms with Crippen molar-refractivity contribution in [2.45, 2.75) is 12.7 Å². The average Bonchev–Trinajstić information content (AvgIpc) is 3.09. The van der Waals surface area contributed by atoms with Gasteiger partial charge in [0.2, 0.25) is 0 Å². The topological polar surface area (TPSA) is 34.9 Å². The minimum Gasteiger partial charge on any atom is -0.294 e. The number of halogens is 4. The van der Waals surface area contributed by atoms with Crippen LogP contribution in [0.2, 0.25) is 0 Å². The molecule has 0 saturated carbocycles. The molecule has 2 heterocycles. The number of benzene rings is 2. The highest BCUT2D eigenvalue weighted by Gasteiger charge is 2.30. The van der Waals surface area contributed by atoms with Crippen LogP contribution in [0, 0.1) is 5.82 Å². The van der Waals surface area contributed by atoms with Gasteiger partial charge in [0.15, 0.2) is 0 Å². The Labute approximate surface area is 160 Å². The van der Waals surface area contributed by atoms with Crippen molar-refractivity contribution in [3.8, 4) is 11.1 Å². The molecule has 4 aromatic rings. The molecule has 2 aromatic heterocycles. The molecule has 2 aromatic carbocycles. The van der Waals surface area contributed by atoms with Crippen LogP contribution in [0.5, 0.6) is 0 Å². The minimum absolute atomic E-state index is 0.0184. The normalized spacial score (nSPS) is 11.9. The summed E-state index contributed by atoms with van der Waals surface area (Å²) in [6.45, 7) is -0.0184. The lowest BCUT2D eigenvalue weighted by Crippen LogP contribution is -2.20. The van der Waals surface area contributed by atoms with E-state index in [-0.39, 0.29) is 17.9 Å². The van der Waals surface area contributed by atoms with Crippen LogP contribution in [0.4, 0.5) is 17.6 Å². The zero-order valence-corrected chi connectivity index (χ0v) is 15.0. The van der Waals surface area contributed by atoms with Crippen molar-refractivity contribution in [1.82, 2.24) is 9.55 Å². The summed E-state index contributed by atoms with van der Waals surface area (Å²) in [4.78, 5) is 17.1. The third kappa shape index (κ3) is 3.43. The number of hydrogen-bond acceptors (Lipinski definition) is 3. The predicted octanol–water partition coefficient (Wildman–Crippen LogP) is 5.33. The van der Waals surface area contributed by atoms with Gasteiger partial charge in [0.1, 0.15) is 10.5 Å². The maximum atomic E-state index is 13.1. The number of fused-ring (bicyclic) bond motifs is 1. The number of hydrogen-bond donors (Lipinski definition) is 0. The van der Waals surface area contributed by atoms with Gasteiger partial charge in [0.25, 0.3) is 5.56 Å². The summed E-state index contributed by atoms with van der Waals surface area (Å²) in [5.41, 5.74) is 1.19.